The number of nitrogens with zero attached hydrogens (tertiary/aromatic N) is 3. The van der Waals surface area contributed by atoms with E-state index in [1.54, 1.807) is 4.57 Å². The van der Waals surface area contributed by atoms with Crippen molar-refractivity contribution < 1.29 is 13.2 Å². The third kappa shape index (κ3) is 3.22. The molecule has 122 valence electrons. The smallest absolute Gasteiger partial charge is 0.336 e. The van der Waals surface area contributed by atoms with Crippen LogP contribution in [0.4, 0.5) is 13.2 Å². The molecule has 3 aromatic rings. The van der Waals surface area contributed by atoms with Gasteiger partial charge >= 0.3 is 6.18 Å². The number of aryl methyl sites for hydroxylation is 1. The van der Waals surface area contributed by atoms with Gasteiger partial charge in [-0.2, -0.15) is 13.2 Å². The topological polar surface area (TPSA) is 22.8 Å². The van der Waals surface area contributed by atoms with Gasteiger partial charge in [0.15, 0.2) is 0 Å². The number of hydrogen-bond donors (Lipinski definition) is 0. The van der Waals surface area contributed by atoms with Crippen LogP contribution >= 0.6 is 11.6 Å². The molecule has 0 aliphatic rings. The Labute approximate surface area is 136 Å². The molecule has 0 N–H and O–H groups in total. The van der Waals surface area contributed by atoms with Crippen LogP contribution in [0.1, 0.15) is 24.5 Å². The van der Waals surface area contributed by atoms with Crippen molar-refractivity contribution in [2.45, 2.75) is 32.6 Å². The van der Waals surface area contributed by atoms with E-state index in [1.807, 2.05) is 23.0 Å². The first-order valence-electron chi connectivity index (χ1n) is 7.26. The number of imidazole rings is 1. The van der Waals surface area contributed by atoms with Gasteiger partial charge in [-0.3, -0.25) is 4.57 Å². The van der Waals surface area contributed by atoms with Crippen LogP contribution in [-0.4, -0.2) is 14.1 Å². The van der Waals surface area contributed by atoms with Gasteiger partial charge < -0.3 is 4.57 Å². The number of rotatable bonds is 4. The van der Waals surface area contributed by atoms with Crippen molar-refractivity contribution in [1.29, 1.82) is 0 Å². The average Bonchev–Trinajstić information content (AvgIpc) is 3.03. The number of benzene rings is 1. The molecule has 0 atom stereocenters. The Morgan fingerprint density at radius 1 is 1.22 bits per heavy atom. The molecule has 2 heterocycles. The summed E-state index contributed by atoms with van der Waals surface area (Å²) >= 11 is 6.11. The van der Waals surface area contributed by atoms with Gasteiger partial charge in [0.2, 0.25) is 5.28 Å². The van der Waals surface area contributed by atoms with Crippen LogP contribution < -0.4 is 0 Å². The first-order valence-corrected chi connectivity index (χ1v) is 7.64. The summed E-state index contributed by atoms with van der Waals surface area (Å²) in [5, 5.41) is 0.171. The lowest BCUT2D eigenvalue weighted by molar-refractivity contribution is -0.137. The van der Waals surface area contributed by atoms with E-state index < -0.39 is 11.7 Å². The van der Waals surface area contributed by atoms with Gasteiger partial charge in [-0.05, 0) is 47.9 Å². The minimum absolute atomic E-state index is 0.171. The Morgan fingerprint density at radius 3 is 2.70 bits per heavy atom. The molecule has 0 saturated heterocycles. The van der Waals surface area contributed by atoms with Crippen molar-refractivity contribution >= 4 is 22.6 Å². The standard InChI is InChI=1S/C16H15ClF3N3/c1-2-3-11-6-7-22(9-11)10-23-14-5-4-12(16(18,19)20)8-13(14)21-15(23)17/h4-9H,2-3,10H2,1H3. The molecular weight excluding hydrogens is 327 g/mol. The second-order valence-corrected chi connectivity index (χ2v) is 5.77. The Balaban J connectivity index is 1.95. The van der Waals surface area contributed by atoms with E-state index in [-0.39, 0.29) is 10.8 Å². The summed E-state index contributed by atoms with van der Waals surface area (Å²) in [4.78, 5) is 4.04. The van der Waals surface area contributed by atoms with E-state index >= 15 is 0 Å². The van der Waals surface area contributed by atoms with Crippen LogP contribution in [0.5, 0.6) is 0 Å². The predicted molar refractivity (Wildman–Crippen MR) is 83.6 cm³/mol. The third-order valence-electron chi connectivity index (χ3n) is 3.68. The molecule has 3 nitrogen and oxygen atoms in total. The van der Waals surface area contributed by atoms with Gasteiger partial charge in [-0.15, -0.1) is 0 Å². The van der Waals surface area contributed by atoms with Gasteiger partial charge in [0.05, 0.1) is 16.6 Å². The number of fused-ring (bicyclic) bond motifs is 1. The summed E-state index contributed by atoms with van der Waals surface area (Å²) < 4.78 is 41.9. The second kappa shape index (κ2) is 5.92. The number of halogens is 4. The van der Waals surface area contributed by atoms with Crippen LogP contribution in [0.3, 0.4) is 0 Å². The molecule has 0 aliphatic carbocycles. The normalized spacial score (nSPS) is 12.2. The lowest BCUT2D eigenvalue weighted by atomic mass is 10.2. The van der Waals surface area contributed by atoms with Gasteiger partial charge in [-0.25, -0.2) is 4.98 Å². The van der Waals surface area contributed by atoms with Crippen molar-refractivity contribution in [1.82, 2.24) is 14.1 Å². The summed E-state index contributed by atoms with van der Waals surface area (Å²) in [5.74, 6) is 0. The van der Waals surface area contributed by atoms with E-state index in [1.165, 1.54) is 11.6 Å². The fraction of sp³-hybridized carbons (Fsp3) is 0.312. The largest absolute Gasteiger partial charge is 0.416 e. The van der Waals surface area contributed by atoms with Crippen LogP contribution in [0.15, 0.2) is 36.7 Å². The molecular formula is C16H15ClF3N3. The van der Waals surface area contributed by atoms with Crippen LogP contribution in [-0.2, 0) is 19.3 Å². The molecule has 1 aromatic carbocycles. The highest BCUT2D eigenvalue weighted by Crippen LogP contribution is 2.32. The summed E-state index contributed by atoms with van der Waals surface area (Å²) in [6, 6.07) is 5.51. The number of aromatic nitrogens is 3. The first kappa shape index (κ1) is 15.9. The molecule has 0 aliphatic heterocycles. The monoisotopic (exact) mass is 341 g/mol. The first-order chi connectivity index (χ1) is 10.9. The van der Waals surface area contributed by atoms with Crippen molar-refractivity contribution in [2.75, 3.05) is 0 Å². The lowest BCUT2D eigenvalue weighted by Crippen LogP contribution is -2.07. The summed E-state index contributed by atoms with van der Waals surface area (Å²) in [6.45, 7) is 2.51. The minimum atomic E-state index is -4.39. The Kier molecular flexibility index (Phi) is 4.10. The van der Waals surface area contributed by atoms with Gasteiger partial charge in [-0.1, -0.05) is 13.3 Å². The molecule has 7 heteroatoms. The maximum absolute atomic E-state index is 12.8. The van der Waals surface area contributed by atoms with Crippen molar-refractivity contribution in [3.05, 3.63) is 53.1 Å². The highest BCUT2D eigenvalue weighted by Gasteiger charge is 2.31. The van der Waals surface area contributed by atoms with Crippen LogP contribution in [0, 0.1) is 0 Å². The predicted octanol–water partition coefficient (Wildman–Crippen LogP) is 4.97. The highest BCUT2D eigenvalue weighted by atomic mass is 35.5. The van der Waals surface area contributed by atoms with Crippen molar-refractivity contribution in [3.8, 4) is 0 Å². The zero-order valence-electron chi connectivity index (χ0n) is 12.4. The molecule has 0 spiro atoms. The number of alkyl halides is 3. The third-order valence-corrected chi connectivity index (χ3v) is 3.97. The van der Waals surface area contributed by atoms with E-state index in [0.717, 1.165) is 25.0 Å². The summed E-state index contributed by atoms with van der Waals surface area (Å²) in [6.07, 6.45) is 1.59. The van der Waals surface area contributed by atoms with E-state index in [4.69, 9.17) is 11.6 Å². The molecule has 2 aromatic heterocycles. The van der Waals surface area contributed by atoms with E-state index in [9.17, 15) is 13.2 Å². The van der Waals surface area contributed by atoms with Crippen LogP contribution in [0.25, 0.3) is 11.0 Å². The quantitative estimate of drug-likeness (QED) is 0.657. The van der Waals surface area contributed by atoms with Gasteiger partial charge in [0.25, 0.3) is 0 Å². The Morgan fingerprint density at radius 2 is 2.00 bits per heavy atom. The lowest BCUT2D eigenvalue weighted by Gasteiger charge is -2.09. The Hall–Kier alpha value is -1.95. The molecule has 0 saturated carbocycles. The maximum Gasteiger partial charge on any atom is 0.416 e. The van der Waals surface area contributed by atoms with E-state index in [0.29, 0.717) is 12.2 Å². The fourth-order valence-corrected chi connectivity index (χ4v) is 2.83. The average molecular weight is 342 g/mol. The molecule has 0 radical (unpaired) electrons. The molecule has 0 fully saturated rings. The highest BCUT2D eigenvalue weighted by molar-refractivity contribution is 6.29. The fourth-order valence-electron chi connectivity index (χ4n) is 2.59. The SMILES string of the molecule is CCCc1ccn(Cn2c(Cl)nc3cc(C(F)(F)F)ccc32)c1. The summed E-state index contributed by atoms with van der Waals surface area (Å²) in [5.41, 5.74) is 1.31. The molecule has 0 amide bonds. The number of hydrogen-bond acceptors (Lipinski definition) is 1. The zero-order chi connectivity index (χ0) is 16.6. The minimum Gasteiger partial charge on any atom is -0.336 e. The molecule has 0 bridgehead atoms. The Bertz CT molecular complexity index is 833. The van der Waals surface area contributed by atoms with Crippen molar-refractivity contribution in [3.63, 3.8) is 0 Å². The van der Waals surface area contributed by atoms with Gasteiger partial charge in [0, 0.05) is 12.4 Å². The zero-order valence-corrected chi connectivity index (χ0v) is 13.2. The molecule has 0 unspecified atom stereocenters. The maximum atomic E-state index is 12.8. The molecule has 23 heavy (non-hydrogen) atoms. The van der Waals surface area contributed by atoms with Crippen molar-refractivity contribution in [2.24, 2.45) is 0 Å². The second-order valence-electron chi connectivity index (χ2n) is 5.44. The molecule has 3 rings (SSSR count). The van der Waals surface area contributed by atoms with Crippen LogP contribution in [0.2, 0.25) is 5.28 Å². The van der Waals surface area contributed by atoms with E-state index in [2.05, 4.69) is 11.9 Å². The van der Waals surface area contributed by atoms with Gasteiger partial charge in [0.1, 0.15) is 6.67 Å². The summed E-state index contributed by atoms with van der Waals surface area (Å²) in [7, 11) is 0.